The Morgan fingerprint density at radius 2 is 0.963 bits per heavy atom. The van der Waals surface area contributed by atoms with Crippen LogP contribution in [0, 0.1) is 0 Å². The molecular formula is C25H52N2. The summed E-state index contributed by atoms with van der Waals surface area (Å²) in [5.74, 6) is 0. The van der Waals surface area contributed by atoms with Crippen LogP contribution in [0.1, 0.15) is 135 Å². The highest BCUT2D eigenvalue weighted by atomic mass is 14.8. The standard InChI is InChI=1S/C25H52N2/c1-2-3-4-5-6-7-8-9-10-11-12-13-14-15-16-17-18-19-20-21-24-27-25-22-23-26/h21,24,27H,2-20,22-23,25-26H2,1H3. The zero-order valence-electron chi connectivity index (χ0n) is 18.8. The van der Waals surface area contributed by atoms with E-state index < -0.39 is 0 Å². The second-order valence-corrected chi connectivity index (χ2v) is 8.30. The van der Waals surface area contributed by atoms with Crippen LogP contribution in [0.15, 0.2) is 12.3 Å². The first-order chi connectivity index (χ1) is 13.4. The van der Waals surface area contributed by atoms with E-state index in [1.165, 1.54) is 122 Å². The fourth-order valence-electron chi connectivity index (χ4n) is 3.62. The molecule has 0 aromatic heterocycles. The smallest absolute Gasteiger partial charge is 0.0153 e. The van der Waals surface area contributed by atoms with Gasteiger partial charge in [-0.2, -0.15) is 0 Å². The Balaban J connectivity index is 3.01. The van der Waals surface area contributed by atoms with Gasteiger partial charge in [-0.1, -0.05) is 122 Å². The molecule has 0 rings (SSSR count). The van der Waals surface area contributed by atoms with Gasteiger partial charge >= 0.3 is 0 Å². The number of allylic oxidation sites excluding steroid dienone is 1. The van der Waals surface area contributed by atoms with Crippen molar-refractivity contribution in [2.45, 2.75) is 135 Å². The first-order valence-corrected chi connectivity index (χ1v) is 12.5. The predicted octanol–water partition coefficient (Wildman–Crippen LogP) is 7.87. The molecule has 27 heavy (non-hydrogen) atoms. The van der Waals surface area contributed by atoms with E-state index in [4.69, 9.17) is 5.73 Å². The number of hydrogen-bond acceptors (Lipinski definition) is 2. The zero-order valence-corrected chi connectivity index (χ0v) is 18.8. The number of nitrogens with one attached hydrogen (secondary N) is 1. The molecule has 0 aromatic rings. The van der Waals surface area contributed by atoms with Crippen molar-refractivity contribution in [2.75, 3.05) is 13.1 Å². The molecule has 0 saturated heterocycles. The van der Waals surface area contributed by atoms with Crippen LogP contribution in [0.25, 0.3) is 0 Å². The SMILES string of the molecule is CCCCCCCCCCCCCCCCCCCCC=CNCCCN. The summed E-state index contributed by atoms with van der Waals surface area (Å²) in [6.45, 7) is 4.08. The topological polar surface area (TPSA) is 38.0 Å². The summed E-state index contributed by atoms with van der Waals surface area (Å²) in [6, 6.07) is 0. The maximum absolute atomic E-state index is 5.46. The lowest BCUT2D eigenvalue weighted by Crippen LogP contribution is -2.11. The highest BCUT2D eigenvalue weighted by molar-refractivity contribution is 4.79. The minimum atomic E-state index is 0.778. The van der Waals surface area contributed by atoms with Crippen LogP contribution in [-0.4, -0.2) is 13.1 Å². The second-order valence-electron chi connectivity index (χ2n) is 8.30. The minimum Gasteiger partial charge on any atom is -0.391 e. The van der Waals surface area contributed by atoms with Gasteiger partial charge in [-0.25, -0.2) is 0 Å². The van der Waals surface area contributed by atoms with Gasteiger partial charge in [0.05, 0.1) is 0 Å². The Morgan fingerprint density at radius 1 is 0.556 bits per heavy atom. The molecule has 2 heteroatoms. The molecule has 0 aromatic carbocycles. The summed E-state index contributed by atoms with van der Waals surface area (Å²) in [7, 11) is 0. The van der Waals surface area contributed by atoms with Gasteiger partial charge in [-0.3, -0.25) is 0 Å². The van der Waals surface area contributed by atoms with Crippen LogP contribution in [0.3, 0.4) is 0 Å². The molecule has 0 heterocycles. The number of hydrogen-bond donors (Lipinski definition) is 2. The molecule has 0 fully saturated rings. The molecule has 0 atom stereocenters. The van der Waals surface area contributed by atoms with E-state index in [-0.39, 0.29) is 0 Å². The van der Waals surface area contributed by atoms with E-state index in [0.29, 0.717) is 0 Å². The van der Waals surface area contributed by atoms with Crippen molar-refractivity contribution in [3.63, 3.8) is 0 Å². The normalized spacial score (nSPS) is 11.5. The highest BCUT2D eigenvalue weighted by Crippen LogP contribution is 2.14. The van der Waals surface area contributed by atoms with Crippen molar-refractivity contribution >= 4 is 0 Å². The molecule has 0 amide bonds. The van der Waals surface area contributed by atoms with Gasteiger partial charge in [0.1, 0.15) is 0 Å². The minimum absolute atomic E-state index is 0.778. The van der Waals surface area contributed by atoms with Crippen molar-refractivity contribution in [1.29, 1.82) is 0 Å². The number of rotatable bonds is 23. The Morgan fingerprint density at radius 3 is 1.37 bits per heavy atom. The first kappa shape index (κ1) is 26.5. The molecule has 0 unspecified atom stereocenters. The average Bonchev–Trinajstić information content (AvgIpc) is 2.68. The summed E-state index contributed by atoms with van der Waals surface area (Å²) in [5.41, 5.74) is 5.46. The van der Waals surface area contributed by atoms with E-state index in [0.717, 1.165) is 19.5 Å². The third kappa shape index (κ3) is 25.5. The molecule has 162 valence electrons. The molecule has 0 spiro atoms. The number of unbranched alkanes of at least 4 members (excludes halogenated alkanes) is 18. The molecular weight excluding hydrogens is 328 g/mol. The third-order valence-corrected chi connectivity index (χ3v) is 5.49. The lowest BCUT2D eigenvalue weighted by molar-refractivity contribution is 0.525. The van der Waals surface area contributed by atoms with Crippen molar-refractivity contribution in [3.8, 4) is 0 Å². The Kier molecular flexibility index (Phi) is 25.0. The molecule has 0 aliphatic carbocycles. The monoisotopic (exact) mass is 380 g/mol. The second kappa shape index (κ2) is 25.5. The van der Waals surface area contributed by atoms with E-state index in [1.807, 2.05) is 0 Å². The average molecular weight is 381 g/mol. The third-order valence-electron chi connectivity index (χ3n) is 5.49. The van der Waals surface area contributed by atoms with Crippen LogP contribution in [0.2, 0.25) is 0 Å². The van der Waals surface area contributed by atoms with Crippen molar-refractivity contribution in [2.24, 2.45) is 5.73 Å². The fourth-order valence-corrected chi connectivity index (χ4v) is 3.62. The maximum Gasteiger partial charge on any atom is 0.0153 e. The summed E-state index contributed by atoms with van der Waals surface area (Å²) in [5, 5.41) is 3.28. The molecule has 0 bridgehead atoms. The Hall–Kier alpha value is -0.500. The molecule has 2 nitrogen and oxygen atoms in total. The van der Waals surface area contributed by atoms with Gasteiger partial charge in [0.15, 0.2) is 0 Å². The first-order valence-electron chi connectivity index (χ1n) is 12.5. The van der Waals surface area contributed by atoms with Gasteiger partial charge in [0.2, 0.25) is 0 Å². The molecule has 0 aliphatic heterocycles. The summed E-state index contributed by atoms with van der Waals surface area (Å²) >= 11 is 0. The highest BCUT2D eigenvalue weighted by Gasteiger charge is 1.94. The Bertz CT molecular complexity index is 275. The van der Waals surface area contributed by atoms with Gasteiger partial charge in [0, 0.05) is 6.54 Å². The van der Waals surface area contributed by atoms with Crippen LogP contribution in [0.4, 0.5) is 0 Å². The molecule has 0 saturated carbocycles. The molecule has 3 N–H and O–H groups in total. The van der Waals surface area contributed by atoms with Crippen molar-refractivity contribution < 1.29 is 0 Å². The van der Waals surface area contributed by atoms with E-state index in [9.17, 15) is 0 Å². The summed E-state index contributed by atoms with van der Waals surface area (Å²) in [4.78, 5) is 0. The van der Waals surface area contributed by atoms with Crippen LogP contribution in [-0.2, 0) is 0 Å². The fraction of sp³-hybridized carbons (Fsp3) is 0.920. The van der Waals surface area contributed by atoms with Crippen LogP contribution in [0.5, 0.6) is 0 Å². The largest absolute Gasteiger partial charge is 0.391 e. The quantitative estimate of drug-likeness (QED) is 0.177. The summed E-state index contributed by atoms with van der Waals surface area (Å²) in [6.07, 6.45) is 32.7. The van der Waals surface area contributed by atoms with Gasteiger partial charge in [-0.05, 0) is 32.0 Å². The van der Waals surface area contributed by atoms with Crippen LogP contribution < -0.4 is 11.1 Å². The molecule has 0 aliphatic rings. The lowest BCUT2D eigenvalue weighted by Gasteiger charge is -2.03. The van der Waals surface area contributed by atoms with E-state index in [1.54, 1.807) is 0 Å². The van der Waals surface area contributed by atoms with Gasteiger partial charge in [-0.15, -0.1) is 0 Å². The van der Waals surface area contributed by atoms with Crippen molar-refractivity contribution in [3.05, 3.63) is 12.3 Å². The summed E-state index contributed by atoms with van der Waals surface area (Å²) < 4.78 is 0. The lowest BCUT2D eigenvalue weighted by atomic mass is 10.0. The predicted molar refractivity (Wildman–Crippen MR) is 124 cm³/mol. The Labute approximate surface area is 172 Å². The zero-order chi connectivity index (χ0) is 19.7. The molecule has 0 radical (unpaired) electrons. The number of nitrogens with two attached hydrogens (primary N) is 1. The van der Waals surface area contributed by atoms with Crippen LogP contribution >= 0.6 is 0 Å². The maximum atomic E-state index is 5.46. The van der Waals surface area contributed by atoms with Crippen molar-refractivity contribution in [1.82, 2.24) is 5.32 Å². The van der Waals surface area contributed by atoms with Gasteiger partial charge < -0.3 is 11.1 Å². The van der Waals surface area contributed by atoms with E-state index >= 15 is 0 Å². The van der Waals surface area contributed by atoms with E-state index in [2.05, 4.69) is 24.5 Å². The van der Waals surface area contributed by atoms with Gasteiger partial charge in [0.25, 0.3) is 0 Å².